The molecule has 0 aromatic heterocycles. The van der Waals surface area contributed by atoms with E-state index in [0.29, 0.717) is 13.0 Å². The molecule has 0 aromatic carbocycles. The molecule has 1 rings (SSSR count). The molecule has 6 nitrogen and oxygen atoms in total. The van der Waals surface area contributed by atoms with Crippen LogP contribution in [0.2, 0.25) is 0 Å². The van der Waals surface area contributed by atoms with E-state index in [2.05, 4.69) is 5.32 Å². The third-order valence-corrected chi connectivity index (χ3v) is 2.62. The normalized spacial score (nSPS) is 20.9. The monoisotopic (exact) mass is 243 g/mol. The van der Waals surface area contributed by atoms with Crippen molar-refractivity contribution >= 4 is 17.7 Å². The average molecular weight is 243 g/mol. The maximum Gasteiger partial charge on any atom is 0.326 e. The van der Waals surface area contributed by atoms with Crippen molar-refractivity contribution in [2.24, 2.45) is 0 Å². The van der Waals surface area contributed by atoms with Crippen molar-refractivity contribution in [2.45, 2.75) is 44.8 Å². The molecular formula is C11H17NO5. The number of hydrogen-bond donors (Lipinski definition) is 2. The van der Waals surface area contributed by atoms with Crippen LogP contribution in [0.4, 0.5) is 0 Å². The van der Waals surface area contributed by atoms with E-state index in [1.165, 1.54) is 6.92 Å². The third-order valence-electron chi connectivity index (χ3n) is 2.62. The Balaban J connectivity index is 2.44. The number of aliphatic carboxylic acids is 1. The number of ether oxygens (including phenoxy) is 1. The Kier molecular flexibility index (Phi) is 5.09. The second kappa shape index (κ2) is 6.34. The van der Waals surface area contributed by atoms with Crippen LogP contribution >= 0.6 is 0 Å². The highest BCUT2D eigenvalue weighted by Crippen LogP contribution is 2.12. The molecule has 1 saturated heterocycles. The van der Waals surface area contributed by atoms with Gasteiger partial charge in [-0.1, -0.05) is 0 Å². The van der Waals surface area contributed by atoms with Crippen molar-refractivity contribution in [1.29, 1.82) is 0 Å². The van der Waals surface area contributed by atoms with Crippen molar-refractivity contribution in [3.05, 3.63) is 0 Å². The minimum Gasteiger partial charge on any atom is -0.480 e. The zero-order valence-electron chi connectivity index (χ0n) is 9.77. The van der Waals surface area contributed by atoms with E-state index in [9.17, 15) is 14.4 Å². The molecule has 0 unspecified atom stereocenters. The van der Waals surface area contributed by atoms with E-state index >= 15 is 0 Å². The summed E-state index contributed by atoms with van der Waals surface area (Å²) in [7, 11) is 0. The molecule has 17 heavy (non-hydrogen) atoms. The largest absolute Gasteiger partial charge is 0.480 e. The van der Waals surface area contributed by atoms with Crippen LogP contribution in [-0.4, -0.2) is 41.5 Å². The van der Waals surface area contributed by atoms with E-state index in [1.807, 2.05) is 0 Å². The first-order chi connectivity index (χ1) is 8.00. The van der Waals surface area contributed by atoms with Crippen molar-refractivity contribution in [2.75, 3.05) is 6.61 Å². The summed E-state index contributed by atoms with van der Waals surface area (Å²) in [5.74, 6) is -1.63. The SMILES string of the molecule is CC(=O)CC[C@@H](NC(=O)[C@@H]1CCCO1)C(=O)O. The van der Waals surface area contributed by atoms with Gasteiger partial charge in [-0.25, -0.2) is 4.79 Å². The Bertz CT molecular complexity index is 309. The van der Waals surface area contributed by atoms with Gasteiger partial charge in [0.05, 0.1) is 0 Å². The van der Waals surface area contributed by atoms with E-state index in [1.54, 1.807) is 0 Å². The molecule has 6 heteroatoms. The van der Waals surface area contributed by atoms with Crippen molar-refractivity contribution in [3.8, 4) is 0 Å². The van der Waals surface area contributed by atoms with Gasteiger partial charge in [-0.3, -0.25) is 4.79 Å². The van der Waals surface area contributed by atoms with Gasteiger partial charge in [-0.05, 0) is 26.2 Å². The first-order valence-electron chi connectivity index (χ1n) is 5.65. The summed E-state index contributed by atoms with van der Waals surface area (Å²) in [5.41, 5.74) is 0. The molecule has 1 heterocycles. The zero-order chi connectivity index (χ0) is 12.8. The number of Topliss-reactive ketones (excluding diaryl/α,β-unsaturated/α-hetero) is 1. The molecule has 0 aliphatic carbocycles. The molecule has 1 aliphatic rings. The van der Waals surface area contributed by atoms with Crippen LogP contribution < -0.4 is 5.32 Å². The van der Waals surface area contributed by atoms with Gasteiger partial charge in [0.25, 0.3) is 0 Å². The summed E-state index contributed by atoms with van der Waals surface area (Å²) >= 11 is 0. The Hall–Kier alpha value is -1.43. The lowest BCUT2D eigenvalue weighted by atomic mass is 10.1. The molecule has 1 aliphatic heterocycles. The minimum atomic E-state index is -1.13. The van der Waals surface area contributed by atoms with Crippen LogP contribution in [0.3, 0.4) is 0 Å². The van der Waals surface area contributed by atoms with Gasteiger partial charge < -0.3 is 20.0 Å². The highest BCUT2D eigenvalue weighted by atomic mass is 16.5. The van der Waals surface area contributed by atoms with E-state index in [0.717, 1.165) is 6.42 Å². The van der Waals surface area contributed by atoms with Gasteiger partial charge in [-0.2, -0.15) is 0 Å². The number of rotatable bonds is 6. The molecule has 2 atom stereocenters. The fourth-order valence-electron chi connectivity index (χ4n) is 1.65. The van der Waals surface area contributed by atoms with Gasteiger partial charge in [-0.15, -0.1) is 0 Å². The molecule has 0 radical (unpaired) electrons. The summed E-state index contributed by atoms with van der Waals surface area (Å²) in [6.45, 7) is 1.92. The molecule has 0 saturated carbocycles. The summed E-state index contributed by atoms with van der Waals surface area (Å²) in [6.07, 6.45) is 1.13. The lowest BCUT2D eigenvalue weighted by molar-refractivity contribution is -0.143. The minimum absolute atomic E-state index is 0.0948. The number of ketones is 1. The smallest absolute Gasteiger partial charge is 0.326 e. The number of amides is 1. The Labute approximate surface area is 99.3 Å². The standard InChI is InChI=1S/C11H17NO5/c1-7(13)4-5-8(11(15)16)12-10(14)9-3-2-6-17-9/h8-9H,2-6H2,1H3,(H,12,14)(H,15,16)/t8-,9+/m1/s1. The van der Waals surface area contributed by atoms with Crippen LogP contribution in [0.15, 0.2) is 0 Å². The second-order valence-corrected chi connectivity index (χ2v) is 4.14. The van der Waals surface area contributed by atoms with E-state index < -0.39 is 24.0 Å². The quantitative estimate of drug-likeness (QED) is 0.690. The highest BCUT2D eigenvalue weighted by Gasteiger charge is 2.28. The second-order valence-electron chi connectivity index (χ2n) is 4.14. The molecule has 0 spiro atoms. The predicted octanol–water partition coefficient (Wildman–Crippen LogP) is 0.104. The fraction of sp³-hybridized carbons (Fsp3) is 0.727. The number of carbonyl (C=O) groups excluding carboxylic acids is 2. The van der Waals surface area contributed by atoms with Gasteiger partial charge in [0.2, 0.25) is 5.91 Å². The lowest BCUT2D eigenvalue weighted by Gasteiger charge is -2.16. The molecule has 1 fully saturated rings. The van der Waals surface area contributed by atoms with Crippen LogP contribution in [-0.2, 0) is 19.1 Å². The number of carboxylic acid groups (broad SMARTS) is 1. The van der Waals surface area contributed by atoms with Crippen LogP contribution in [0.25, 0.3) is 0 Å². The topological polar surface area (TPSA) is 92.7 Å². The summed E-state index contributed by atoms with van der Waals surface area (Å²) < 4.78 is 5.15. The van der Waals surface area contributed by atoms with Gasteiger partial charge >= 0.3 is 5.97 Å². The Morgan fingerprint density at radius 2 is 2.18 bits per heavy atom. The average Bonchev–Trinajstić information content (AvgIpc) is 2.76. The van der Waals surface area contributed by atoms with E-state index in [-0.39, 0.29) is 18.6 Å². The molecule has 0 aromatic rings. The number of carboxylic acids is 1. The van der Waals surface area contributed by atoms with Crippen LogP contribution in [0, 0.1) is 0 Å². The summed E-state index contributed by atoms with van der Waals surface area (Å²) in [6, 6.07) is -1.02. The van der Waals surface area contributed by atoms with Gasteiger partial charge in [0.15, 0.2) is 0 Å². The molecule has 1 amide bonds. The van der Waals surface area contributed by atoms with Crippen molar-refractivity contribution < 1.29 is 24.2 Å². The lowest BCUT2D eigenvalue weighted by Crippen LogP contribution is -2.45. The van der Waals surface area contributed by atoms with Crippen LogP contribution in [0.1, 0.15) is 32.6 Å². The third kappa shape index (κ3) is 4.52. The van der Waals surface area contributed by atoms with Crippen molar-refractivity contribution in [1.82, 2.24) is 5.32 Å². The van der Waals surface area contributed by atoms with Crippen molar-refractivity contribution in [3.63, 3.8) is 0 Å². The Morgan fingerprint density at radius 1 is 1.47 bits per heavy atom. The fourth-order valence-corrected chi connectivity index (χ4v) is 1.65. The maximum absolute atomic E-state index is 11.6. The number of hydrogen-bond acceptors (Lipinski definition) is 4. The Morgan fingerprint density at radius 3 is 2.65 bits per heavy atom. The molecule has 2 N–H and O–H groups in total. The predicted molar refractivity (Wildman–Crippen MR) is 58.5 cm³/mol. The number of nitrogens with one attached hydrogen (secondary N) is 1. The molecular weight excluding hydrogens is 226 g/mol. The summed E-state index contributed by atoms with van der Waals surface area (Å²) in [4.78, 5) is 33.3. The molecule has 0 bridgehead atoms. The summed E-state index contributed by atoms with van der Waals surface area (Å²) in [5, 5.41) is 11.3. The van der Waals surface area contributed by atoms with E-state index in [4.69, 9.17) is 9.84 Å². The first kappa shape index (κ1) is 13.6. The first-order valence-corrected chi connectivity index (χ1v) is 5.65. The number of carbonyl (C=O) groups is 3. The molecule has 96 valence electrons. The van der Waals surface area contributed by atoms with Crippen LogP contribution in [0.5, 0.6) is 0 Å². The van der Waals surface area contributed by atoms with Gasteiger partial charge in [0.1, 0.15) is 17.9 Å². The maximum atomic E-state index is 11.6. The highest BCUT2D eigenvalue weighted by molar-refractivity contribution is 5.87. The van der Waals surface area contributed by atoms with Gasteiger partial charge in [0, 0.05) is 13.0 Å². The zero-order valence-corrected chi connectivity index (χ0v) is 9.77.